The fraction of sp³-hybridized carbons (Fsp3) is 0.400. The number of rotatable bonds is 19. The third-order valence-corrected chi connectivity index (χ3v) is 11.7. The van der Waals surface area contributed by atoms with Crippen molar-refractivity contribution in [1.82, 2.24) is 44.7 Å². The molecule has 7 N–H and O–H groups in total. The minimum absolute atomic E-state index is 0.0409. The maximum absolute atomic E-state index is 11.5. The highest BCUT2D eigenvalue weighted by Gasteiger charge is 2.26. The van der Waals surface area contributed by atoms with Crippen molar-refractivity contribution in [2.24, 2.45) is 0 Å². The lowest BCUT2D eigenvalue weighted by Crippen LogP contribution is -2.42. The summed E-state index contributed by atoms with van der Waals surface area (Å²) in [6, 6.07) is 15.6. The molecule has 2 aliphatic rings. The number of benzene rings is 2. The lowest BCUT2D eigenvalue weighted by Gasteiger charge is -2.29. The summed E-state index contributed by atoms with van der Waals surface area (Å²) in [6.07, 6.45) is 18.9. The van der Waals surface area contributed by atoms with Gasteiger partial charge in [0.05, 0.1) is 58.9 Å². The number of ether oxygens (including phenoxy) is 2. The molecule has 2 aliphatic carbocycles. The number of hydrogen-bond acceptors (Lipinski definition) is 19. The Bertz CT molecular complexity index is 2630. The first-order valence-electron chi connectivity index (χ1n) is 23.2. The van der Waals surface area contributed by atoms with E-state index in [9.17, 15) is 25.3 Å². The molecule has 0 aliphatic heterocycles. The normalized spacial score (nSPS) is 17.2. The summed E-state index contributed by atoms with van der Waals surface area (Å²) in [5, 5.41) is 56.4. The molecule has 2 fully saturated rings. The standard InChI is InChI=1S/C23H27BN7O4.C12H11ClN4O3.C10H19BN4O/c1-2-34-20-9-3-16(4-10-20)11-21-22(31(32)33)13-26-23(29-21)28-18-12-27-30(14-18)19-7-5-17(6-8-19)24-35-15-25;1-2-20-9-5-3-8(4-6-9)15-11-10(17(18)19)7-14-12(13)16-11;1-11(16)14-9-2-4-10(5-3-9)15-7-8(12)6-13-15/h3-4,9-10,12-15,17,19,25H,2,5-8,11H2,1H3,(H,26,28,29);3-7H,2H2,1H3,(H,14,15,16);6-7,9-10,14,16H,2-5,12H2,1H3. The Labute approximate surface area is 416 Å². The number of hydrogen-bond donors (Lipinski definition) is 6. The Morgan fingerprint density at radius 2 is 1.41 bits per heavy atom. The van der Waals surface area contributed by atoms with Gasteiger partial charge in [-0.2, -0.15) is 15.2 Å². The molecule has 373 valence electrons. The van der Waals surface area contributed by atoms with Crippen LogP contribution in [0.4, 0.5) is 40.2 Å². The first kappa shape index (κ1) is 53.0. The first-order chi connectivity index (χ1) is 34.3. The second kappa shape index (κ2) is 26.6. The highest BCUT2D eigenvalue weighted by Crippen LogP contribution is 2.36. The van der Waals surface area contributed by atoms with Gasteiger partial charge in [0, 0.05) is 24.5 Å². The van der Waals surface area contributed by atoms with E-state index in [1.165, 1.54) is 6.20 Å². The van der Waals surface area contributed by atoms with Gasteiger partial charge in [-0.3, -0.25) is 35.0 Å². The molecule has 26 heteroatoms. The molecule has 2 aromatic carbocycles. The summed E-state index contributed by atoms with van der Waals surface area (Å²) in [7, 11) is 1.32. The van der Waals surface area contributed by atoms with Crippen LogP contribution in [0, 0.1) is 25.6 Å². The third kappa shape index (κ3) is 16.4. The molecule has 8 rings (SSSR count). The molecule has 4 aromatic heterocycles. The number of aromatic nitrogens is 8. The topological polar surface area (TPSA) is 307 Å². The summed E-state index contributed by atoms with van der Waals surface area (Å²) < 4.78 is 19.7. The Morgan fingerprint density at radius 3 is 1.99 bits per heavy atom. The predicted octanol–water partition coefficient (Wildman–Crippen LogP) is 8.29. The summed E-state index contributed by atoms with van der Waals surface area (Å²) in [5.41, 5.74) is 8.56. The van der Waals surface area contributed by atoms with Crippen molar-refractivity contribution in [1.29, 1.82) is 5.41 Å². The maximum Gasteiger partial charge on any atom is 0.374 e. The molecular formula is C45H57B2ClN15O8. The first-order valence-corrected chi connectivity index (χ1v) is 23.6. The minimum atomic E-state index is -0.576. The molecule has 2 saturated carbocycles. The van der Waals surface area contributed by atoms with Crippen LogP contribution >= 0.6 is 11.6 Å². The summed E-state index contributed by atoms with van der Waals surface area (Å²) in [4.78, 5) is 37.4. The Hall–Kier alpha value is -7.37. The van der Waals surface area contributed by atoms with Crippen LogP contribution in [-0.2, 0) is 11.1 Å². The second-order valence-electron chi connectivity index (χ2n) is 16.6. The van der Waals surface area contributed by atoms with Crippen LogP contribution < -0.4 is 31.1 Å². The second-order valence-corrected chi connectivity index (χ2v) is 17.0. The van der Waals surface area contributed by atoms with E-state index in [-0.39, 0.29) is 34.5 Å². The summed E-state index contributed by atoms with van der Waals surface area (Å²) in [6.45, 7) is 6.71. The van der Waals surface area contributed by atoms with Gasteiger partial charge in [-0.05, 0) is 125 Å². The number of nitro groups is 2. The van der Waals surface area contributed by atoms with Gasteiger partial charge in [0.1, 0.15) is 36.0 Å². The van der Waals surface area contributed by atoms with E-state index in [1.807, 2.05) is 59.9 Å². The maximum atomic E-state index is 11.5. The molecular weight excluding hydrogens is 936 g/mol. The Morgan fingerprint density at radius 1 is 0.817 bits per heavy atom. The van der Waals surface area contributed by atoms with Crippen LogP contribution in [0.25, 0.3) is 0 Å². The molecule has 0 amide bonds. The Kier molecular flexibility index (Phi) is 19.8. The Balaban J connectivity index is 0.000000193. The molecule has 6 aromatic rings. The number of nitrogen functional groups attached to an aromatic ring is 1. The minimum Gasteiger partial charge on any atom is -0.555 e. The largest absolute Gasteiger partial charge is 0.555 e. The van der Waals surface area contributed by atoms with Gasteiger partial charge in [0.15, 0.2) is 0 Å². The van der Waals surface area contributed by atoms with Gasteiger partial charge >= 0.3 is 25.9 Å². The molecule has 23 nitrogen and oxygen atoms in total. The van der Waals surface area contributed by atoms with Crippen molar-refractivity contribution in [3.8, 4) is 11.5 Å². The van der Waals surface area contributed by atoms with E-state index in [4.69, 9.17) is 36.9 Å². The number of anilines is 5. The van der Waals surface area contributed by atoms with E-state index >= 15 is 0 Å². The molecule has 0 unspecified atom stereocenters. The van der Waals surface area contributed by atoms with Gasteiger partial charge < -0.3 is 40.7 Å². The lowest BCUT2D eigenvalue weighted by molar-refractivity contribution is -0.386. The van der Waals surface area contributed by atoms with E-state index in [0.29, 0.717) is 60.4 Å². The van der Waals surface area contributed by atoms with Crippen molar-refractivity contribution in [2.75, 3.05) is 29.6 Å². The highest BCUT2D eigenvalue weighted by molar-refractivity contribution is 6.45. The van der Waals surface area contributed by atoms with Crippen LogP contribution in [-0.4, -0.2) is 94.6 Å². The van der Waals surface area contributed by atoms with Crippen LogP contribution in [0.5, 0.6) is 11.5 Å². The molecule has 1 radical (unpaired) electrons. The zero-order valence-corrected chi connectivity index (χ0v) is 40.4. The van der Waals surface area contributed by atoms with Gasteiger partial charge in [-0.1, -0.05) is 25.0 Å². The average molecular weight is 993 g/mol. The lowest BCUT2D eigenvalue weighted by atomic mass is 9.69. The molecule has 0 spiro atoms. The highest BCUT2D eigenvalue weighted by atomic mass is 35.5. The summed E-state index contributed by atoms with van der Waals surface area (Å²) >= 11 is 5.65. The average Bonchev–Trinajstić information content (AvgIpc) is 4.02. The van der Waals surface area contributed by atoms with Crippen LogP contribution in [0.2, 0.25) is 17.9 Å². The number of nitrogens with zero attached hydrogens (tertiary/aromatic N) is 10. The monoisotopic (exact) mass is 992 g/mol. The van der Waals surface area contributed by atoms with E-state index in [1.54, 1.807) is 51.0 Å². The van der Waals surface area contributed by atoms with Crippen molar-refractivity contribution < 1.29 is 29.0 Å². The zero-order valence-electron chi connectivity index (χ0n) is 39.6. The fourth-order valence-electron chi connectivity index (χ4n) is 8.12. The van der Waals surface area contributed by atoms with Crippen molar-refractivity contribution in [3.63, 3.8) is 0 Å². The zero-order chi connectivity index (χ0) is 50.7. The fourth-order valence-corrected chi connectivity index (χ4v) is 8.25. The van der Waals surface area contributed by atoms with Crippen LogP contribution in [0.3, 0.4) is 0 Å². The van der Waals surface area contributed by atoms with Crippen LogP contribution in [0.15, 0.2) is 85.7 Å². The molecule has 0 saturated heterocycles. The van der Waals surface area contributed by atoms with E-state index < -0.39 is 16.9 Å². The number of nitrogens with one attached hydrogen (secondary N) is 4. The van der Waals surface area contributed by atoms with Crippen molar-refractivity contribution >= 4 is 72.7 Å². The number of halogens is 1. The van der Waals surface area contributed by atoms with Gasteiger partial charge in [-0.15, -0.1) is 0 Å². The van der Waals surface area contributed by atoms with Gasteiger partial charge in [-0.25, -0.2) is 15.0 Å². The van der Waals surface area contributed by atoms with E-state index in [0.717, 1.165) is 81.0 Å². The van der Waals surface area contributed by atoms with E-state index in [2.05, 4.69) is 46.0 Å². The van der Waals surface area contributed by atoms with Gasteiger partial charge in [0.2, 0.25) is 17.0 Å². The molecule has 71 heavy (non-hydrogen) atoms. The van der Waals surface area contributed by atoms with Crippen molar-refractivity contribution in [2.45, 2.75) is 102 Å². The predicted molar refractivity (Wildman–Crippen MR) is 271 cm³/mol. The van der Waals surface area contributed by atoms with Crippen molar-refractivity contribution in [3.05, 3.63) is 122 Å². The molecule has 0 bridgehead atoms. The SMILES string of the molecule is CB(O)NC1CCC(n2cc(N)cn2)CC1.CCOc1ccc(Cc2nc(Nc3cnn(C4CCC([B]OC=N)CC4)c3)ncc2[N+](=O)[O-])cc1.CCOc1ccc(Nc2nc(Cl)ncc2[N+](=O)[O-])cc1. The van der Waals surface area contributed by atoms with Gasteiger partial charge in [0.25, 0.3) is 0 Å². The van der Waals surface area contributed by atoms with Crippen LogP contribution in [0.1, 0.15) is 88.6 Å². The smallest absolute Gasteiger partial charge is 0.374 e. The molecule has 0 atom stereocenters. The number of nitrogens with two attached hydrogens (primary N) is 1. The summed E-state index contributed by atoms with van der Waals surface area (Å²) in [5.74, 6) is 2.13. The quantitative estimate of drug-likeness (QED) is 0.0111. The molecule has 4 heterocycles. The third-order valence-electron chi connectivity index (χ3n) is 11.5.